The number of nitrogens with one attached hydrogen (secondary N) is 2. The van der Waals surface area contributed by atoms with Crippen LogP contribution in [-0.4, -0.2) is 34.6 Å². The number of amides is 1. The molecule has 0 bridgehead atoms. The zero-order valence-corrected chi connectivity index (χ0v) is 16.0. The number of aromatic nitrogens is 2. The van der Waals surface area contributed by atoms with Crippen molar-refractivity contribution in [2.24, 2.45) is 0 Å². The van der Waals surface area contributed by atoms with Crippen molar-refractivity contribution in [3.63, 3.8) is 0 Å². The summed E-state index contributed by atoms with van der Waals surface area (Å²) in [5.41, 5.74) is -0.000847. The van der Waals surface area contributed by atoms with E-state index in [0.29, 0.717) is 22.4 Å². The molecule has 29 heavy (non-hydrogen) atoms. The summed E-state index contributed by atoms with van der Waals surface area (Å²) in [4.78, 5) is 26.1. The molecule has 0 radical (unpaired) electrons. The second kappa shape index (κ2) is 7.70. The van der Waals surface area contributed by atoms with Crippen molar-refractivity contribution in [1.82, 2.24) is 15.1 Å². The van der Waals surface area contributed by atoms with Gasteiger partial charge in [0.05, 0.1) is 23.2 Å². The molecule has 0 spiro atoms. The molecule has 10 heteroatoms. The highest BCUT2D eigenvalue weighted by atomic mass is 19.4. The number of anilines is 1. The van der Waals surface area contributed by atoms with E-state index in [9.17, 15) is 22.8 Å². The van der Waals surface area contributed by atoms with Crippen molar-refractivity contribution in [2.75, 3.05) is 18.9 Å². The molecular weight excluding hydrogens is 389 g/mol. The lowest BCUT2D eigenvalue weighted by Crippen LogP contribution is -2.30. The maximum absolute atomic E-state index is 12.6. The van der Waals surface area contributed by atoms with Crippen molar-refractivity contribution in [3.05, 3.63) is 57.2 Å². The van der Waals surface area contributed by atoms with E-state index in [1.807, 2.05) is 0 Å². The van der Waals surface area contributed by atoms with Gasteiger partial charge in [-0.15, -0.1) is 0 Å². The van der Waals surface area contributed by atoms with Crippen molar-refractivity contribution in [2.45, 2.75) is 26.6 Å². The normalized spacial score (nSPS) is 12.0. The summed E-state index contributed by atoms with van der Waals surface area (Å²) in [5, 5.41) is 9.57. The molecular formula is C19H19F3N4O3. The molecule has 154 valence electrons. The van der Waals surface area contributed by atoms with E-state index >= 15 is 0 Å². The number of furan rings is 1. The molecule has 0 saturated carbocycles. The maximum Gasteiger partial charge on any atom is 0.416 e. The molecule has 1 aromatic carbocycles. The number of fused-ring (bicyclic) bond motifs is 1. The fourth-order valence-corrected chi connectivity index (χ4v) is 3.11. The van der Waals surface area contributed by atoms with Crippen LogP contribution >= 0.6 is 0 Å². The minimum Gasteiger partial charge on any atom is -0.444 e. The molecule has 3 rings (SSSR count). The molecule has 0 aliphatic heterocycles. The summed E-state index contributed by atoms with van der Waals surface area (Å²) >= 11 is 0. The zero-order valence-electron chi connectivity index (χ0n) is 16.0. The Labute approximate surface area is 163 Å². The van der Waals surface area contributed by atoms with Gasteiger partial charge in [0.15, 0.2) is 0 Å². The van der Waals surface area contributed by atoms with Crippen LogP contribution in [0.3, 0.4) is 0 Å². The Morgan fingerprint density at radius 3 is 2.48 bits per heavy atom. The van der Waals surface area contributed by atoms with Crippen LogP contribution in [0.15, 0.2) is 33.5 Å². The van der Waals surface area contributed by atoms with E-state index in [1.165, 1.54) is 12.1 Å². The second-order valence-corrected chi connectivity index (χ2v) is 6.79. The maximum atomic E-state index is 12.6. The Bertz CT molecular complexity index is 1100. The minimum absolute atomic E-state index is 0.0391. The standard InChI is InChI=1S/C19H19F3N4O3/c1-10-15-11(2)29-18(16(15)17(28)25-24-10)23-14(27)9-26(3)8-12-4-6-13(7-5-12)19(20,21)22/h4-7H,8-9H2,1-3H3,(H,23,27)(H,25,28). The summed E-state index contributed by atoms with van der Waals surface area (Å²) < 4.78 is 43.4. The molecule has 0 unspecified atom stereocenters. The third kappa shape index (κ3) is 4.48. The SMILES string of the molecule is Cc1n[nH]c(=O)c2c(NC(=O)CN(C)Cc3ccc(C(F)(F)F)cc3)oc(C)c12. The number of benzene rings is 1. The summed E-state index contributed by atoms with van der Waals surface area (Å²) in [6, 6.07) is 4.75. The quantitative estimate of drug-likeness (QED) is 0.677. The number of alkyl halides is 3. The highest BCUT2D eigenvalue weighted by Crippen LogP contribution is 2.29. The van der Waals surface area contributed by atoms with E-state index in [2.05, 4.69) is 15.5 Å². The molecule has 0 aliphatic rings. The van der Waals surface area contributed by atoms with Crippen LogP contribution in [0, 0.1) is 13.8 Å². The number of aryl methyl sites for hydroxylation is 2. The van der Waals surface area contributed by atoms with Crippen LogP contribution in [0.4, 0.5) is 19.1 Å². The topological polar surface area (TPSA) is 91.2 Å². The van der Waals surface area contributed by atoms with E-state index in [0.717, 1.165) is 12.1 Å². The van der Waals surface area contributed by atoms with Gasteiger partial charge in [-0.3, -0.25) is 19.8 Å². The van der Waals surface area contributed by atoms with Gasteiger partial charge in [0, 0.05) is 6.54 Å². The van der Waals surface area contributed by atoms with Gasteiger partial charge in [-0.2, -0.15) is 18.3 Å². The van der Waals surface area contributed by atoms with Crippen LogP contribution in [-0.2, 0) is 17.5 Å². The fourth-order valence-electron chi connectivity index (χ4n) is 3.11. The Balaban J connectivity index is 1.68. The number of carbonyl (C=O) groups is 1. The Morgan fingerprint density at radius 2 is 1.86 bits per heavy atom. The number of carbonyl (C=O) groups excluding carboxylic acids is 1. The van der Waals surface area contributed by atoms with E-state index in [-0.39, 0.29) is 24.4 Å². The first-order valence-electron chi connectivity index (χ1n) is 8.69. The lowest BCUT2D eigenvalue weighted by atomic mass is 10.1. The average molecular weight is 408 g/mol. The first-order valence-corrected chi connectivity index (χ1v) is 8.69. The number of H-pyrrole nitrogens is 1. The van der Waals surface area contributed by atoms with Crippen LogP contribution in [0.1, 0.15) is 22.6 Å². The number of likely N-dealkylation sites (N-methyl/N-ethyl adjacent to an activating group) is 1. The number of hydrogen-bond acceptors (Lipinski definition) is 5. The summed E-state index contributed by atoms with van der Waals surface area (Å²) in [6.07, 6.45) is -4.39. The predicted octanol–water partition coefficient (Wildman–Crippen LogP) is 3.22. The third-order valence-electron chi connectivity index (χ3n) is 4.40. The Morgan fingerprint density at radius 1 is 1.21 bits per heavy atom. The lowest BCUT2D eigenvalue weighted by molar-refractivity contribution is -0.137. The van der Waals surface area contributed by atoms with E-state index in [4.69, 9.17) is 4.42 Å². The van der Waals surface area contributed by atoms with Crippen LogP contribution in [0.2, 0.25) is 0 Å². The van der Waals surface area contributed by atoms with Gasteiger partial charge in [0.1, 0.15) is 11.1 Å². The molecule has 7 nitrogen and oxygen atoms in total. The Hall–Kier alpha value is -3.14. The number of aromatic amines is 1. The number of nitrogens with zero attached hydrogens (tertiary/aromatic N) is 2. The van der Waals surface area contributed by atoms with Crippen LogP contribution in [0.25, 0.3) is 10.8 Å². The average Bonchev–Trinajstić information content (AvgIpc) is 2.94. The molecule has 0 saturated heterocycles. The minimum atomic E-state index is -4.39. The molecule has 3 aromatic rings. The van der Waals surface area contributed by atoms with Gasteiger partial charge in [0.2, 0.25) is 11.8 Å². The Kier molecular flexibility index (Phi) is 5.47. The first kappa shape index (κ1) is 20.6. The molecule has 0 aliphatic carbocycles. The van der Waals surface area contributed by atoms with Crippen molar-refractivity contribution >= 4 is 22.6 Å². The largest absolute Gasteiger partial charge is 0.444 e. The summed E-state index contributed by atoms with van der Waals surface area (Å²) in [5.74, 6) is 0.0746. The van der Waals surface area contributed by atoms with Gasteiger partial charge < -0.3 is 4.42 Å². The van der Waals surface area contributed by atoms with Crippen LogP contribution < -0.4 is 10.9 Å². The molecule has 1 amide bonds. The zero-order chi connectivity index (χ0) is 21.3. The predicted molar refractivity (Wildman–Crippen MR) is 101 cm³/mol. The monoisotopic (exact) mass is 408 g/mol. The first-order chi connectivity index (χ1) is 13.6. The van der Waals surface area contributed by atoms with Gasteiger partial charge in [-0.1, -0.05) is 12.1 Å². The smallest absolute Gasteiger partial charge is 0.416 e. The van der Waals surface area contributed by atoms with Crippen molar-refractivity contribution < 1.29 is 22.4 Å². The van der Waals surface area contributed by atoms with Crippen molar-refractivity contribution in [1.29, 1.82) is 0 Å². The van der Waals surface area contributed by atoms with Crippen LogP contribution in [0.5, 0.6) is 0 Å². The highest BCUT2D eigenvalue weighted by molar-refractivity contribution is 6.01. The van der Waals surface area contributed by atoms with Gasteiger partial charge in [-0.25, -0.2) is 5.10 Å². The van der Waals surface area contributed by atoms with Gasteiger partial charge in [-0.05, 0) is 38.6 Å². The molecule has 2 aromatic heterocycles. The summed E-state index contributed by atoms with van der Waals surface area (Å²) in [6.45, 7) is 3.60. The van der Waals surface area contributed by atoms with Gasteiger partial charge >= 0.3 is 6.18 Å². The summed E-state index contributed by atoms with van der Waals surface area (Å²) in [7, 11) is 1.66. The highest BCUT2D eigenvalue weighted by Gasteiger charge is 2.30. The fraction of sp³-hybridized carbons (Fsp3) is 0.316. The molecule has 0 fully saturated rings. The van der Waals surface area contributed by atoms with Crippen molar-refractivity contribution in [3.8, 4) is 0 Å². The third-order valence-corrected chi connectivity index (χ3v) is 4.40. The number of hydrogen-bond donors (Lipinski definition) is 2. The molecule has 0 atom stereocenters. The van der Waals surface area contributed by atoms with E-state index in [1.54, 1.807) is 25.8 Å². The van der Waals surface area contributed by atoms with E-state index < -0.39 is 23.2 Å². The lowest BCUT2D eigenvalue weighted by Gasteiger charge is -2.16. The number of rotatable bonds is 5. The second-order valence-electron chi connectivity index (χ2n) is 6.79. The van der Waals surface area contributed by atoms with Gasteiger partial charge in [0.25, 0.3) is 5.56 Å². The molecule has 2 heterocycles. The number of halogens is 3. The molecule has 2 N–H and O–H groups in total.